The van der Waals surface area contributed by atoms with E-state index in [9.17, 15) is 5.11 Å². The van der Waals surface area contributed by atoms with Crippen LogP contribution in [0.15, 0.2) is 18.2 Å². The molecule has 0 bridgehead atoms. The van der Waals surface area contributed by atoms with Gasteiger partial charge in [0.2, 0.25) is 0 Å². The number of nitrogens with zero attached hydrogens (tertiary/aromatic N) is 1. The molecule has 2 aliphatic rings. The highest BCUT2D eigenvalue weighted by Gasteiger charge is 2.21. The molecule has 4 heteroatoms. The molecule has 2 heterocycles. The lowest BCUT2D eigenvalue weighted by molar-refractivity contribution is 0.101. The number of ether oxygens (including phenoxy) is 1. The van der Waals surface area contributed by atoms with Gasteiger partial charge in [-0.3, -0.25) is 0 Å². The van der Waals surface area contributed by atoms with E-state index in [0.29, 0.717) is 19.2 Å². The molecule has 136 valence electrons. The van der Waals surface area contributed by atoms with Crippen LogP contribution in [0.4, 0.5) is 0 Å². The zero-order chi connectivity index (χ0) is 17.2. The maximum atomic E-state index is 10.6. The maximum absolute atomic E-state index is 10.6. The van der Waals surface area contributed by atoms with E-state index in [2.05, 4.69) is 35.0 Å². The molecule has 4 nitrogen and oxygen atoms in total. The smallest absolute Gasteiger partial charge is 0.0843 e. The molecule has 2 N–H and O–H groups in total. The molecule has 1 saturated heterocycles. The number of benzene rings is 1. The highest BCUT2D eigenvalue weighted by Crippen LogP contribution is 2.33. The van der Waals surface area contributed by atoms with Gasteiger partial charge in [0.25, 0.3) is 0 Å². The summed E-state index contributed by atoms with van der Waals surface area (Å²) in [6, 6.07) is 6.74. The monoisotopic (exact) mass is 342 g/mol. The number of fused-ring (bicyclic) bond motifs is 3. The quantitative estimate of drug-likeness (QED) is 0.848. The third-order valence-electron chi connectivity index (χ3n) is 5.70. The van der Waals surface area contributed by atoms with E-state index in [1.807, 2.05) is 0 Å². The Morgan fingerprint density at radius 1 is 1.28 bits per heavy atom. The summed E-state index contributed by atoms with van der Waals surface area (Å²) >= 11 is 0. The number of aliphatic hydroxyl groups excluding tert-OH is 1. The van der Waals surface area contributed by atoms with Crippen LogP contribution < -0.4 is 5.32 Å². The largest absolute Gasteiger partial charge is 0.390 e. The number of rotatable bonds is 6. The Balaban J connectivity index is 1.48. The second-order valence-corrected chi connectivity index (χ2v) is 7.71. The average Bonchev–Trinajstić information content (AvgIpc) is 3.22. The summed E-state index contributed by atoms with van der Waals surface area (Å²) in [6.07, 6.45) is 7.11. The van der Waals surface area contributed by atoms with Crippen molar-refractivity contribution in [2.24, 2.45) is 0 Å². The van der Waals surface area contributed by atoms with Crippen molar-refractivity contribution in [3.8, 4) is 0 Å². The van der Waals surface area contributed by atoms with Gasteiger partial charge in [-0.1, -0.05) is 11.6 Å². The highest BCUT2D eigenvalue weighted by molar-refractivity contribution is 5.86. The number of aryl methyl sites for hydroxylation is 2. The van der Waals surface area contributed by atoms with Crippen LogP contribution >= 0.6 is 0 Å². The van der Waals surface area contributed by atoms with Crippen molar-refractivity contribution >= 4 is 10.9 Å². The first kappa shape index (κ1) is 17.1. The van der Waals surface area contributed by atoms with Crippen LogP contribution in [0.25, 0.3) is 10.9 Å². The fraction of sp³-hybridized carbons (Fsp3) is 0.619. The van der Waals surface area contributed by atoms with Crippen molar-refractivity contribution in [3.63, 3.8) is 0 Å². The van der Waals surface area contributed by atoms with Gasteiger partial charge in [-0.05, 0) is 63.1 Å². The summed E-state index contributed by atoms with van der Waals surface area (Å²) in [5.41, 5.74) is 5.57. The van der Waals surface area contributed by atoms with Crippen molar-refractivity contribution in [2.45, 2.75) is 64.2 Å². The Bertz CT molecular complexity index is 731. The van der Waals surface area contributed by atoms with Crippen LogP contribution in [0.1, 0.15) is 42.5 Å². The predicted octanol–water partition coefficient (Wildman–Crippen LogP) is 2.96. The van der Waals surface area contributed by atoms with Gasteiger partial charge in [0.1, 0.15) is 0 Å². The molecular weight excluding hydrogens is 312 g/mol. The Labute approximate surface area is 150 Å². The molecule has 1 aliphatic carbocycles. The van der Waals surface area contributed by atoms with Crippen molar-refractivity contribution in [1.29, 1.82) is 0 Å². The van der Waals surface area contributed by atoms with Crippen LogP contribution in [0, 0.1) is 6.92 Å². The predicted molar refractivity (Wildman–Crippen MR) is 101 cm³/mol. The second-order valence-electron chi connectivity index (χ2n) is 7.71. The molecule has 1 aromatic carbocycles. The van der Waals surface area contributed by atoms with E-state index >= 15 is 0 Å². The Morgan fingerprint density at radius 3 is 3.00 bits per heavy atom. The fourth-order valence-corrected chi connectivity index (χ4v) is 4.45. The Morgan fingerprint density at radius 2 is 2.16 bits per heavy atom. The molecule has 0 unspecified atom stereocenters. The number of nitrogens with one attached hydrogen (secondary N) is 1. The van der Waals surface area contributed by atoms with E-state index in [-0.39, 0.29) is 6.10 Å². The van der Waals surface area contributed by atoms with Gasteiger partial charge in [-0.2, -0.15) is 0 Å². The van der Waals surface area contributed by atoms with Gasteiger partial charge < -0.3 is 19.7 Å². The van der Waals surface area contributed by atoms with Crippen LogP contribution in [0.3, 0.4) is 0 Å². The molecule has 0 saturated carbocycles. The summed E-state index contributed by atoms with van der Waals surface area (Å²) in [5.74, 6) is 0. The maximum Gasteiger partial charge on any atom is 0.0843 e. The highest BCUT2D eigenvalue weighted by atomic mass is 16.5. The van der Waals surface area contributed by atoms with Crippen molar-refractivity contribution in [2.75, 3.05) is 19.7 Å². The molecule has 0 spiro atoms. The topological polar surface area (TPSA) is 46.4 Å². The lowest BCUT2D eigenvalue weighted by atomic mass is 9.95. The fourth-order valence-electron chi connectivity index (χ4n) is 4.45. The van der Waals surface area contributed by atoms with Crippen LogP contribution in [0.2, 0.25) is 0 Å². The zero-order valence-corrected chi connectivity index (χ0v) is 15.3. The normalized spacial score (nSPS) is 21.6. The minimum Gasteiger partial charge on any atom is -0.390 e. The molecule has 1 aromatic heterocycles. The molecule has 4 rings (SSSR count). The first-order valence-corrected chi connectivity index (χ1v) is 9.83. The summed E-state index contributed by atoms with van der Waals surface area (Å²) < 4.78 is 8.01. The van der Waals surface area contributed by atoms with E-state index < -0.39 is 0 Å². The van der Waals surface area contributed by atoms with Crippen LogP contribution in [0.5, 0.6) is 0 Å². The Kier molecular flexibility index (Phi) is 5.11. The number of aliphatic hydroxyl groups is 1. The van der Waals surface area contributed by atoms with Crippen LogP contribution in [-0.2, 0) is 24.1 Å². The Hall–Kier alpha value is -1.36. The van der Waals surface area contributed by atoms with Gasteiger partial charge in [0.05, 0.1) is 18.8 Å². The third-order valence-corrected chi connectivity index (χ3v) is 5.70. The molecular formula is C21H30N2O2. The van der Waals surface area contributed by atoms with E-state index in [1.54, 1.807) is 0 Å². The standard InChI is InChI=1S/C21H30N2O2/c1-15-8-9-21-19(11-15)18-6-2-3-7-20(18)23(21)14-16(24)12-22-13-17-5-4-10-25-17/h8-9,11,16-17,22,24H,2-7,10,12-14H2,1H3/t16-,17+/m0/s1. The first-order valence-electron chi connectivity index (χ1n) is 9.83. The van der Waals surface area contributed by atoms with E-state index in [4.69, 9.17) is 4.74 Å². The van der Waals surface area contributed by atoms with Crippen molar-refractivity contribution in [1.82, 2.24) is 9.88 Å². The summed E-state index contributed by atoms with van der Waals surface area (Å²) in [6.45, 7) is 5.19. The third kappa shape index (κ3) is 3.62. The lowest BCUT2D eigenvalue weighted by Gasteiger charge is -2.19. The number of aromatic nitrogens is 1. The summed E-state index contributed by atoms with van der Waals surface area (Å²) in [4.78, 5) is 0. The van der Waals surface area contributed by atoms with Gasteiger partial charge in [-0.25, -0.2) is 0 Å². The molecule has 0 radical (unpaired) electrons. The van der Waals surface area contributed by atoms with Gasteiger partial charge in [0, 0.05) is 36.3 Å². The molecule has 1 fully saturated rings. The lowest BCUT2D eigenvalue weighted by Crippen LogP contribution is -2.35. The van der Waals surface area contributed by atoms with Gasteiger partial charge in [0.15, 0.2) is 0 Å². The number of hydrogen-bond donors (Lipinski definition) is 2. The van der Waals surface area contributed by atoms with Gasteiger partial charge >= 0.3 is 0 Å². The van der Waals surface area contributed by atoms with Gasteiger partial charge in [-0.15, -0.1) is 0 Å². The van der Waals surface area contributed by atoms with Crippen LogP contribution in [-0.4, -0.2) is 41.6 Å². The molecule has 2 atom stereocenters. The van der Waals surface area contributed by atoms with E-state index in [1.165, 1.54) is 47.0 Å². The second kappa shape index (κ2) is 7.48. The first-order chi connectivity index (χ1) is 12.2. The minimum absolute atomic E-state index is 0.329. The number of hydrogen-bond acceptors (Lipinski definition) is 3. The summed E-state index contributed by atoms with van der Waals surface area (Å²) in [7, 11) is 0. The molecule has 2 aromatic rings. The molecule has 1 aliphatic heterocycles. The van der Waals surface area contributed by atoms with Crippen molar-refractivity contribution < 1.29 is 9.84 Å². The SMILES string of the molecule is Cc1ccc2c(c1)c1c(n2C[C@@H](O)CNC[C@H]2CCCO2)CCCC1. The molecule has 0 amide bonds. The molecule has 25 heavy (non-hydrogen) atoms. The zero-order valence-electron chi connectivity index (χ0n) is 15.3. The van der Waals surface area contributed by atoms with Crippen molar-refractivity contribution in [3.05, 3.63) is 35.0 Å². The average molecular weight is 342 g/mol. The van der Waals surface area contributed by atoms with E-state index in [0.717, 1.165) is 32.4 Å². The summed E-state index contributed by atoms with van der Waals surface area (Å²) in [5, 5.41) is 15.4. The minimum atomic E-state index is -0.371.